The summed E-state index contributed by atoms with van der Waals surface area (Å²) in [6.07, 6.45) is 0. The number of ether oxygens (including phenoxy) is 1. The van der Waals surface area contributed by atoms with E-state index in [-0.39, 0.29) is 29.2 Å². The summed E-state index contributed by atoms with van der Waals surface area (Å²) in [6.45, 7) is 6.57. The van der Waals surface area contributed by atoms with Crippen LogP contribution in [0.2, 0.25) is 0 Å². The van der Waals surface area contributed by atoms with Gasteiger partial charge < -0.3 is 4.74 Å². The van der Waals surface area contributed by atoms with Gasteiger partial charge in [0.1, 0.15) is 0 Å². The van der Waals surface area contributed by atoms with Gasteiger partial charge >= 0.3 is 5.97 Å². The quantitative estimate of drug-likeness (QED) is 0.457. The maximum atomic E-state index is 13.3. The van der Waals surface area contributed by atoms with Crippen molar-refractivity contribution in [2.24, 2.45) is 5.41 Å². The van der Waals surface area contributed by atoms with E-state index in [4.69, 9.17) is 4.74 Å². The number of pyridine rings is 1. The number of hydrogen-bond donors (Lipinski definition) is 0. The first kappa shape index (κ1) is 21.4. The zero-order valence-electron chi connectivity index (χ0n) is 18.3. The number of anilines is 1. The van der Waals surface area contributed by atoms with Crippen LogP contribution < -0.4 is 4.90 Å². The summed E-state index contributed by atoms with van der Waals surface area (Å²) < 4.78 is 5.14. The standard InChI is InChI=1S/C25H22N2O5/c1-14-20-21(17-10-5-6-11-18(17)26-14)23(30)27(22(20)29)16-9-7-8-15(12-16)24(31)32-13-19(28)25(2,3)4/h5-12H,13H2,1-4H3. The van der Waals surface area contributed by atoms with Gasteiger partial charge in [-0.1, -0.05) is 45.0 Å². The number of nitrogens with zero attached hydrogens (tertiary/aromatic N) is 2. The highest BCUT2D eigenvalue weighted by molar-refractivity contribution is 6.37. The van der Waals surface area contributed by atoms with Crippen LogP contribution in [0.1, 0.15) is 57.5 Å². The first-order valence-electron chi connectivity index (χ1n) is 10.2. The van der Waals surface area contributed by atoms with Crippen molar-refractivity contribution in [2.75, 3.05) is 11.5 Å². The molecular weight excluding hydrogens is 408 g/mol. The zero-order chi connectivity index (χ0) is 23.2. The number of imide groups is 1. The molecule has 0 radical (unpaired) electrons. The maximum Gasteiger partial charge on any atom is 0.338 e. The molecule has 7 nitrogen and oxygen atoms in total. The molecule has 0 saturated carbocycles. The number of carbonyl (C=O) groups is 4. The second-order valence-corrected chi connectivity index (χ2v) is 8.71. The topological polar surface area (TPSA) is 93.6 Å². The van der Waals surface area contributed by atoms with Gasteiger partial charge in [0.05, 0.1) is 33.6 Å². The lowest BCUT2D eigenvalue weighted by Crippen LogP contribution is -2.30. The number of aryl methyl sites for hydroxylation is 1. The Labute approximate surface area is 185 Å². The number of hydrogen-bond acceptors (Lipinski definition) is 6. The highest BCUT2D eigenvalue weighted by Crippen LogP contribution is 2.34. The number of fused-ring (bicyclic) bond motifs is 3. The van der Waals surface area contributed by atoms with Crippen LogP contribution in [0, 0.1) is 12.3 Å². The molecule has 2 aromatic carbocycles. The highest BCUT2D eigenvalue weighted by atomic mass is 16.5. The lowest BCUT2D eigenvalue weighted by atomic mass is 9.91. The molecule has 0 unspecified atom stereocenters. The fourth-order valence-electron chi connectivity index (χ4n) is 3.57. The molecule has 1 aliphatic heterocycles. The number of esters is 1. The van der Waals surface area contributed by atoms with Crippen LogP contribution in [0.3, 0.4) is 0 Å². The van der Waals surface area contributed by atoms with Crippen molar-refractivity contribution in [3.05, 3.63) is 70.9 Å². The molecule has 0 bridgehead atoms. The van der Waals surface area contributed by atoms with Crippen LogP contribution in [-0.2, 0) is 9.53 Å². The number of benzene rings is 2. The Kier molecular flexibility index (Phi) is 5.12. The maximum absolute atomic E-state index is 13.3. The largest absolute Gasteiger partial charge is 0.454 e. The van der Waals surface area contributed by atoms with Crippen molar-refractivity contribution in [1.29, 1.82) is 0 Å². The normalized spacial score (nSPS) is 13.4. The summed E-state index contributed by atoms with van der Waals surface area (Å²) in [5, 5.41) is 0.602. The number of aromatic nitrogens is 1. The summed E-state index contributed by atoms with van der Waals surface area (Å²) in [6, 6.07) is 13.2. The Morgan fingerprint density at radius 3 is 2.38 bits per heavy atom. The van der Waals surface area contributed by atoms with E-state index < -0.39 is 23.2 Å². The molecule has 0 fully saturated rings. The molecule has 0 spiro atoms. The van der Waals surface area contributed by atoms with Crippen molar-refractivity contribution >= 4 is 40.2 Å². The van der Waals surface area contributed by atoms with Crippen molar-refractivity contribution < 1.29 is 23.9 Å². The van der Waals surface area contributed by atoms with Crippen molar-refractivity contribution in [3.63, 3.8) is 0 Å². The SMILES string of the molecule is Cc1nc2ccccc2c2c1C(=O)N(c1cccc(C(=O)OCC(=O)C(C)(C)C)c1)C2=O. The summed E-state index contributed by atoms with van der Waals surface area (Å²) in [4.78, 5) is 56.5. The van der Waals surface area contributed by atoms with Gasteiger partial charge in [0.15, 0.2) is 12.4 Å². The molecule has 0 atom stereocenters. The molecule has 162 valence electrons. The second kappa shape index (κ2) is 7.67. The molecule has 1 aromatic heterocycles. The Bertz CT molecular complexity index is 1300. The first-order chi connectivity index (χ1) is 15.1. The molecule has 0 N–H and O–H groups in total. The molecule has 1 aliphatic rings. The number of ketones is 1. The average Bonchev–Trinajstić information content (AvgIpc) is 3.02. The lowest BCUT2D eigenvalue weighted by Gasteiger charge is -2.17. The second-order valence-electron chi connectivity index (χ2n) is 8.71. The first-order valence-corrected chi connectivity index (χ1v) is 10.2. The van der Waals surface area contributed by atoms with E-state index in [0.717, 1.165) is 4.90 Å². The van der Waals surface area contributed by atoms with Gasteiger partial charge in [0, 0.05) is 10.8 Å². The third-order valence-corrected chi connectivity index (χ3v) is 5.42. The third kappa shape index (κ3) is 3.56. The minimum atomic E-state index is -0.704. The van der Waals surface area contributed by atoms with Gasteiger partial charge in [0.25, 0.3) is 11.8 Å². The molecule has 0 aliphatic carbocycles. The van der Waals surface area contributed by atoms with Crippen molar-refractivity contribution in [2.45, 2.75) is 27.7 Å². The van der Waals surface area contributed by atoms with Crippen LogP contribution in [-0.4, -0.2) is 35.2 Å². The average molecular weight is 430 g/mol. The number of amides is 2. The minimum Gasteiger partial charge on any atom is -0.454 e. The molecular formula is C25H22N2O5. The Hall–Kier alpha value is -3.87. The molecule has 7 heteroatoms. The van der Waals surface area contributed by atoms with Crippen LogP contribution in [0.5, 0.6) is 0 Å². The van der Waals surface area contributed by atoms with E-state index in [1.165, 1.54) is 12.1 Å². The molecule has 4 rings (SSSR count). The Morgan fingerprint density at radius 2 is 1.66 bits per heavy atom. The van der Waals surface area contributed by atoms with E-state index in [9.17, 15) is 19.2 Å². The van der Waals surface area contributed by atoms with E-state index in [1.54, 1.807) is 58.0 Å². The van der Waals surface area contributed by atoms with E-state index in [1.807, 2.05) is 6.07 Å². The van der Waals surface area contributed by atoms with E-state index in [2.05, 4.69) is 4.98 Å². The van der Waals surface area contributed by atoms with Gasteiger partial charge in [-0.15, -0.1) is 0 Å². The summed E-state index contributed by atoms with van der Waals surface area (Å²) in [7, 11) is 0. The summed E-state index contributed by atoms with van der Waals surface area (Å²) in [5.41, 5.74) is 1.43. The Morgan fingerprint density at radius 1 is 0.969 bits per heavy atom. The number of rotatable bonds is 4. The molecule has 2 heterocycles. The molecule has 32 heavy (non-hydrogen) atoms. The van der Waals surface area contributed by atoms with E-state index in [0.29, 0.717) is 22.2 Å². The monoisotopic (exact) mass is 430 g/mol. The summed E-state index contributed by atoms with van der Waals surface area (Å²) in [5.74, 6) is -1.88. The minimum absolute atomic E-state index is 0.139. The van der Waals surface area contributed by atoms with Gasteiger partial charge in [-0.3, -0.25) is 19.4 Å². The molecule has 3 aromatic rings. The van der Waals surface area contributed by atoms with Gasteiger partial charge in [-0.05, 0) is 31.2 Å². The van der Waals surface area contributed by atoms with Gasteiger partial charge in [0.2, 0.25) is 0 Å². The lowest BCUT2D eigenvalue weighted by molar-refractivity contribution is -0.129. The molecule has 0 saturated heterocycles. The van der Waals surface area contributed by atoms with Crippen LogP contribution in [0.15, 0.2) is 48.5 Å². The van der Waals surface area contributed by atoms with Gasteiger partial charge in [-0.25, -0.2) is 9.69 Å². The number of para-hydroxylation sites is 1. The fraction of sp³-hybridized carbons (Fsp3) is 0.240. The van der Waals surface area contributed by atoms with Crippen LogP contribution in [0.4, 0.5) is 5.69 Å². The predicted octanol–water partition coefficient (Wildman–Crippen LogP) is 4.12. The summed E-state index contributed by atoms with van der Waals surface area (Å²) >= 11 is 0. The smallest absolute Gasteiger partial charge is 0.338 e. The third-order valence-electron chi connectivity index (χ3n) is 5.42. The van der Waals surface area contributed by atoms with Crippen molar-refractivity contribution in [1.82, 2.24) is 4.98 Å². The van der Waals surface area contributed by atoms with Crippen molar-refractivity contribution in [3.8, 4) is 0 Å². The number of Topliss-reactive ketones (excluding diaryl/α,β-unsaturated/α-hetero) is 1. The Balaban J connectivity index is 1.66. The molecule has 2 amide bonds. The van der Waals surface area contributed by atoms with Crippen LogP contribution >= 0.6 is 0 Å². The highest BCUT2D eigenvalue weighted by Gasteiger charge is 2.40. The van der Waals surface area contributed by atoms with Crippen LogP contribution in [0.25, 0.3) is 10.9 Å². The fourth-order valence-corrected chi connectivity index (χ4v) is 3.57. The van der Waals surface area contributed by atoms with E-state index >= 15 is 0 Å². The van der Waals surface area contributed by atoms with Gasteiger partial charge in [-0.2, -0.15) is 0 Å². The number of carbonyl (C=O) groups excluding carboxylic acids is 4. The predicted molar refractivity (Wildman–Crippen MR) is 119 cm³/mol. The zero-order valence-corrected chi connectivity index (χ0v) is 18.3.